The standard InChI is InChI=1S/C8H16O5/c1-4-6(9)8(11)7(10)5(13-4)3-12-2/h4-11H,3H2,1-2H3/t4?,5?,6-,7+,8?/m0/s1. The van der Waals surface area contributed by atoms with E-state index >= 15 is 0 Å². The van der Waals surface area contributed by atoms with Gasteiger partial charge in [0.15, 0.2) is 0 Å². The molecule has 1 heterocycles. The van der Waals surface area contributed by atoms with Gasteiger partial charge in [0.25, 0.3) is 0 Å². The van der Waals surface area contributed by atoms with E-state index in [2.05, 4.69) is 0 Å². The third-order valence-electron chi connectivity index (χ3n) is 2.28. The Kier molecular flexibility index (Phi) is 3.63. The monoisotopic (exact) mass is 192 g/mol. The minimum absolute atomic E-state index is 0.204. The number of aliphatic hydroxyl groups excluding tert-OH is 3. The first-order valence-electron chi connectivity index (χ1n) is 4.26. The van der Waals surface area contributed by atoms with Gasteiger partial charge in [-0.2, -0.15) is 0 Å². The first-order valence-corrected chi connectivity index (χ1v) is 4.26. The molecule has 0 aromatic carbocycles. The van der Waals surface area contributed by atoms with E-state index in [0.29, 0.717) is 0 Å². The fraction of sp³-hybridized carbons (Fsp3) is 1.00. The van der Waals surface area contributed by atoms with Crippen LogP contribution < -0.4 is 0 Å². The molecule has 0 aromatic rings. The lowest BCUT2D eigenvalue weighted by Gasteiger charge is -2.39. The number of aliphatic hydroxyl groups is 3. The summed E-state index contributed by atoms with van der Waals surface area (Å²) in [6.45, 7) is 1.84. The highest BCUT2D eigenvalue weighted by molar-refractivity contribution is 4.90. The topological polar surface area (TPSA) is 79.2 Å². The van der Waals surface area contributed by atoms with Gasteiger partial charge in [0, 0.05) is 7.11 Å². The normalized spacial score (nSPS) is 46.4. The predicted octanol–water partition coefficient (Wildman–Crippen LogP) is -1.50. The fourth-order valence-electron chi connectivity index (χ4n) is 1.44. The molecule has 0 bridgehead atoms. The van der Waals surface area contributed by atoms with Gasteiger partial charge < -0.3 is 24.8 Å². The van der Waals surface area contributed by atoms with Gasteiger partial charge >= 0.3 is 0 Å². The molecule has 1 aliphatic rings. The van der Waals surface area contributed by atoms with Crippen LogP contribution in [-0.2, 0) is 9.47 Å². The van der Waals surface area contributed by atoms with Crippen LogP contribution in [0.25, 0.3) is 0 Å². The first kappa shape index (κ1) is 10.9. The average molecular weight is 192 g/mol. The van der Waals surface area contributed by atoms with Gasteiger partial charge in [-0.1, -0.05) is 0 Å². The third-order valence-corrected chi connectivity index (χ3v) is 2.28. The quantitative estimate of drug-likeness (QED) is 0.496. The highest BCUT2D eigenvalue weighted by atomic mass is 16.6. The number of hydrogen-bond donors (Lipinski definition) is 3. The lowest BCUT2D eigenvalue weighted by molar-refractivity contribution is -0.226. The zero-order chi connectivity index (χ0) is 10.0. The predicted molar refractivity (Wildman–Crippen MR) is 44.2 cm³/mol. The summed E-state index contributed by atoms with van der Waals surface area (Å²) in [6, 6.07) is 0. The van der Waals surface area contributed by atoms with Crippen molar-refractivity contribution >= 4 is 0 Å². The van der Waals surface area contributed by atoms with Crippen molar-refractivity contribution in [1.82, 2.24) is 0 Å². The van der Waals surface area contributed by atoms with E-state index < -0.39 is 30.5 Å². The molecular weight excluding hydrogens is 176 g/mol. The van der Waals surface area contributed by atoms with E-state index in [-0.39, 0.29) is 6.61 Å². The van der Waals surface area contributed by atoms with Crippen LogP contribution in [0.4, 0.5) is 0 Å². The van der Waals surface area contributed by atoms with Crippen LogP contribution in [0.3, 0.4) is 0 Å². The number of rotatable bonds is 2. The number of ether oxygens (including phenoxy) is 2. The summed E-state index contributed by atoms with van der Waals surface area (Å²) in [7, 11) is 1.48. The Labute approximate surface area is 76.9 Å². The molecule has 78 valence electrons. The lowest BCUT2D eigenvalue weighted by Crippen LogP contribution is -2.57. The van der Waals surface area contributed by atoms with E-state index in [1.807, 2.05) is 0 Å². The Bertz CT molecular complexity index is 163. The summed E-state index contributed by atoms with van der Waals surface area (Å²) in [6.07, 6.45) is -4.35. The van der Waals surface area contributed by atoms with Crippen molar-refractivity contribution in [1.29, 1.82) is 0 Å². The molecule has 0 radical (unpaired) electrons. The Morgan fingerprint density at radius 3 is 2.31 bits per heavy atom. The van der Waals surface area contributed by atoms with Crippen molar-refractivity contribution < 1.29 is 24.8 Å². The zero-order valence-corrected chi connectivity index (χ0v) is 7.75. The summed E-state index contributed by atoms with van der Waals surface area (Å²) >= 11 is 0. The van der Waals surface area contributed by atoms with Crippen molar-refractivity contribution in [2.75, 3.05) is 13.7 Å². The molecule has 0 amide bonds. The molecule has 3 N–H and O–H groups in total. The molecular formula is C8H16O5. The molecule has 1 rings (SSSR count). The van der Waals surface area contributed by atoms with Crippen LogP contribution in [0.15, 0.2) is 0 Å². The Balaban J connectivity index is 2.59. The SMILES string of the molecule is COCC1OC(C)[C@H](O)C(O)[C@@H]1O. The molecule has 5 heteroatoms. The second-order valence-corrected chi connectivity index (χ2v) is 3.31. The smallest absolute Gasteiger partial charge is 0.111 e. The second-order valence-electron chi connectivity index (χ2n) is 3.31. The van der Waals surface area contributed by atoms with Crippen LogP contribution in [0.1, 0.15) is 6.92 Å². The van der Waals surface area contributed by atoms with E-state index in [0.717, 1.165) is 0 Å². The molecule has 1 saturated heterocycles. The van der Waals surface area contributed by atoms with Crippen LogP contribution in [0.5, 0.6) is 0 Å². The highest BCUT2D eigenvalue weighted by Crippen LogP contribution is 2.20. The Hall–Kier alpha value is -0.200. The van der Waals surface area contributed by atoms with Gasteiger partial charge in [0.1, 0.15) is 24.4 Å². The van der Waals surface area contributed by atoms with Crippen LogP contribution in [0, 0.1) is 0 Å². The number of hydrogen-bond acceptors (Lipinski definition) is 5. The van der Waals surface area contributed by atoms with Crippen molar-refractivity contribution in [2.45, 2.75) is 37.4 Å². The van der Waals surface area contributed by atoms with Gasteiger partial charge in [-0.05, 0) is 6.92 Å². The largest absolute Gasteiger partial charge is 0.388 e. The first-order chi connectivity index (χ1) is 6.07. The highest BCUT2D eigenvalue weighted by Gasteiger charge is 2.41. The molecule has 0 aromatic heterocycles. The molecule has 1 fully saturated rings. The summed E-state index contributed by atoms with van der Waals surface area (Å²) in [5.41, 5.74) is 0. The maximum atomic E-state index is 9.44. The third kappa shape index (κ3) is 2.18. The summed E-state index contributed by atoms with van der Waals surface area (Å²) in [4.78, 5) is 0. The summed E-state index contributed by atoms with van der Waals surface area (Å²) in [5, 5.41) is 28.1. The van der Waals surface area contributed by atoms with E-state index in [9.17, 15) is 15.3 Å². The van der Waals surface area contributed by atoms with Crippen LogP contribution in [0.2, 0.25) is 0 Å². The molecule has 0 saturated carbocycles. The average Bonchev–Trinajstić information content (AvgIpc) is 2.11. The molecule has 13 heavy (non-hydrogen) atoms. The van der Waals surface area contributed by atoms with Crippen LogP contribution in [-0.4, -0.2) is 59.6 Å². The summed E-state index contributed by atoms with van der Waals surface area (Å²) < 4.78 is 10.0. The molecule has 5 nitrogen and oxygen atoms in total. The summed E-state index contributed by atoms with van der Waals surface area (Å²) in [5.74, 6) is 0. The fourth-order valence-corrected chi connectivity index (χ4v) is 1.44. The van der Waals surface area contributed by atoms with E-state index in [4.69, 9.17) is 9.47 Å². The van der Waals surface area contributed by atoms with Crippen molar-refractivity contribution in [3.05, 3.63) is 0 Å². The minimum atomic E-state index is -1.16. The van der Waals surface area contributed by atoms with Gasteiger partial charge in [0.2, 0.25) is 0 Å². The lowest BCUT2D eigenvalue weighted by atomic mass is 9.96. The van der Waals surface area contributed by atoms with Gasteiger partial charge in [-0.3, -0.25) is 0 Å². The van der Waals surface area contributed by atoms with E-state index in [1.54, 1.807) is 6.92 Å². The molecule has 3 unspecified atom stereocenters. The molecule has 0 aliphatic carbocycles. The molecule has 5 atom stereocenters. The maximum Gasteiger partial charge on any atom is 0.111 e. The molecule has 1 aliphatic heterocycles. The van der Waals surface area contributed by atoms with Crippen LogP contribution >= 0.6 is 0 Å². The van der Waals surface area contributed by atoms with Gasteiger partial charge in [0.05, 0.1) is 12.7 Å². The maximum absolute atomic E-state index is 9.44. The van der Waals surface area contributed by atoms with Crippen molar-refractivity contribution in [3.63, 3.8) is 0 Å². The van der Waals surface area contributed by atoms with Gasteiger partial charge in [-0.15, -0.1) is 0 Å². The van der Waals surface area contributed by atoms with Crippen molar-refractivity contribution in [3.8, 4) is 0 Å². The zero-order valence-electron chi connectivity index (χ0n) is 7.75. The minimum Gasteiger partial charge on any atom is -0.388 e. The number of methoxy groups -OCH3 is 1. The second kappa shape index (κ2) is 4.34. The van der Waals surface area contributed by atoms with Crippen molar-refractivity contribution in [2.24, 2.45) is 0 Å². The Morgan fingerprint density at radius 1 is 1.15 bits per heavy atom. The Morgan fingerprint density at radius 2 is 1.77 bits per heavy atom. The van der Waals surface area contributed by atoms with Gasteiger partial charge in [-0.25, -0.2) is 0 Å². The van der Waals surface area contributed by atoms with E-state index in [1.165, 1.54) is 7.11 Å². The molecule has 0 spiro atoms.